The molecule has 2 atom stereocenters. The van der Waals surface area contributed by atoms with Gasteiger partial charge in [0.15, 0.2) is 11.9 Å². The topological polar surface area (TPSA) is 43.4 Å². The molecule has 0 unspecified atom stereocenters. The number of fused-ring (bicyclic) bond motifs is 1. The molecule has 2 aliphatic rings. The molecule has 0 spiro atoms. The smallest absolute Gasteiger partial charge is 0.306 e. The third kappa shape index (κ3) is 0.664. The van der Waals surface area contributed by atoms with Crippen molar-refractivity contribution in [2.75, 3.05) is 0 Å². The summed E-state index contributed by atoms with van der Waals surface area (Å²) in [6, 6.07) is 0. The first kappa shape index (κ1) is 5.89. The molecule has 1 aliphatic carbocycles. The highest BCUT2D eigenvalue weighted by atomic mass is 16.6. The van der Waals surface area contributed by atoms with Gasteiger partial charge in [-0.25, -0.2) is 0 Å². The van der Waals surface area contributed by atoms with Crippen LogP contribution in [0.15, 0.2) is 0 Å². The lowest BCUT2D eigenvalue weighted by atomic mass is 10.1. The van der Waals surface area contributed by atoms with E-state index in [9.17, 15) is 9.59 Å². The number of ketones is 1. The van der Waals surface area contributed by atoms with Gasteiger partial charge in [-0.2, -0.15) is 0 Å². The lowest BCUT2D eigenvalue weighted by molar-refractivity contribution is -0.146. The number of carbonyl (C=O) groups excluding carboxylic acids is 2. The van der Waals surface area contributed by atoms with Crippen molar-refractivity contribution in [2.24, 2.45) is 5.92 Å². The van der Waals surface area contributed by atoms with Gasteiger partial charge in [0.1, 0.15) is 0 Å². The summed E-state index contributed by atoms with van der Waals surface area (Å²) in [5.41, 5.74) is 0. The largest absolute Gasteiger partial charge is 0.454 e. The van der Waals surface area contributed by atoms with Gasteiger partial charge in [0.05, 0.1) is 6.42 Å². The van der Waals surface area contributed by atoms with Crippen LogP contribution in [-0.2, 0) is 14.3 Å². The minimum atomic E-state index is -0.368. The molecule has 1 aliphatic heterocycles. The van der Waals surface area contributed by atoms with Crippen molar-refractivity contribution >= 4 is 11.8 Å². The van der Waals surface area contributed by atoms with Gasteiger partial charge in [0, 0.05) is 12.3 Å². The molecular weight excluding hydrogens is 132 g/mol. The van der Waals surface area contributed by atoms with E-state index in [1.54, 1.807) is 0 Å². The Balaban J connectivity index is 2.19. The normalized spacial score (nSPS) is 38.0. The van der Waals surface area contributed by atoms with Gasteiger partial charge in [-0.15, -0.1) is 0 Å². The molecule has 1 heterocycles. The maximum Gasteiger partial charge on any atom is 0.306 e. The number of ether oxygens (including phenoxy) is 1. The summed E-state index contributed by atoms with van der Waals surface area (Å²) in [5.74, 6) is 0.110. The van der Waals surface area contributed by atoms with Gasteiger partial charge in [0.25, 0.3) is 0 Å². The first-order valence-corrected chi connectivity index (χ1v) is 3.49. The summed E-state index contributed by atoms with van der Waals surface area (Å²) >= 11 is 0. The highest BCUT2D eigenvalue weighted by Crippen LogP contribution is 2.33. The number of carbonyl (C=O) groups is 2. The lowest BCUT2D eigenvalue weighted by Gasteiger charge is -2.02. The van der Waals surface area contributed by atoms with E-state index in [4.69, 9.17) is 4.74 Å². The van der Waals surface area contributed by atoms with Gasteiger partial charge in [-0.1, -0.05) is 0 Å². The number of Topliss-reactive ketones (excluding diaryl/α,β-unsaturated/α-hetero) is 1. The van der Waals surface area contributed by atoms with E-state index in [1.807, 2.05) is 0 Å². The minimum absolute atomic E-state index is 0.107. The summed E-state index contributed by atoms with van der Waals surface area (Å²) in [4.78, 5) is 21.6. The van der Waals surface area contributed by atoms with Gasteiger partial charge in [-0.3, -0.25) is 9.59 Å². The summed E-state index contributed by atoms with van der Waals surface area (Å²) in [7, 11) is 0. The van der Waals surface area contributed by atoms with E-state index in [2.05, 4.69) is 0 Å². The molecule has 0 aromatic carbocycles. The monoisotopic (exact) mass is 140 g/mol. The molecule has 54 valence electrons. The van der Waals surface area contributed by atoms with E-state index in [0.717, 1.165) is 6.42 Å². The molecule has 2 rings (SSSR count). The van der Waals surface area contributed by atoms with E-state index >= 15 is 0 Å². The van der Waals surface area contributed by atoms with E-state index in [1.165, 1.54) is 0 Å². The Kier molecular flexibility index (Phi) is 1.07. The van der Waals surface area contributed by atoms with Crippen LogP contribution in [0.4, 0.5) is 0 Å². The van der Waals surface area contributed by atoms with Crippen LogP contribution >= 0.6 is 0 Å². The van der Waals surface area contributed by atoms with E-state index in [-0.39, 0.29) is 23.8 Å². The van der Waals surface area contributed by atoms with Crippen molar-refractivity contribution < 1.29 is 14.3 Å². The lowest BCUT2D eigenvalue weighted by Crippen LogP contribution is -2.17. The van der Waals surface area contributed by atoms with Crippen LogP contribution < -0.4 is 0 Å². The van der Waals surface area contributed by atoms with Crippen molar-refractivity contribution in [3.8, 4) is 0 Å². The molecule has 0 amide bonds. The number of hydrogen-bond acceptors (Lipinski definition) is 3. The summed E-state index contributed by atoms with van der Waals surface area (Å²) in [6.45, 7) is 0. The Morgan fingerprint density at radius 1 is 1.40 bits per heavy atom. The van der Waals surface area contributed by atoms with E-state index < -0.39 is 0 Å². The maximum atomic E-state index is 10.9. The average molecular weight is 140 g/mol. The summed E-state index contributed by atoms with van der Waals surface area (Å²) in [5, 5.41) is 0. The average Bonchev–Trinajstić information content (AvgIpc) is 2.35. The molecule has 3 heteroatoms. The van der Waals surface area contributed by atoms with Gasteiger partial charge < -0.3 is 4.74 Å². The van der Waals surface area contributed by atoms with Crippen molar-refractivity contribution in [2.45, 2.75) is 25.4 Å². The molecule has 0 N–H and O–H groups in total. The second-order valence-corrected chi connectivity index (χ2v) is 2.88. The molecule has 0 aromatic rings. The minimum Gasteiger partial charge on any atom is -0.454 e. The molecule has 10 heavy (non-hydrogen) atoms. The summed E-state index contributed by atoms with van der Waals surface area (Å²) in [6.07, 6.45) is 1.53. The first-order valence-electron chi connectivity index (χ1n) is 3.49. The molecule has 0 radical (unpaired) electrons. The first-order chi connectivity index (χ1) is 4.77. The Hall–Kier alpha value is -0.860. The number of esters is 1. The van der Waals surface area contributed by atoms with Crippen LogP contribution in [0.3, 0.4) is 0 Å². The Morgan fingerprint density at radius 3 is 2.90 bits per heavy atom. The second kappa shape index (κ2) is 1.81. The SMILES string of the molecule is O=C1C[C@H]2CCC(=O)[C@H]2O1. The zero-order chi connectivity index (χ0) is 7.14. The van der Waals surface area contributed by atoms with Crippen LogP contribution in [-0.4, -0.2) is 17.9 Å². The third-order valence-electron chi connectivity index (χ3n) is 2.19. The Morgan fingerprint density at radius 2 is 2.20 bits per heavy atom. The number of hydrogen-bond donors (Lipinski definition) is 0. The Labute approximate surface area is 58.4 Å². The zero-order valence-electron chi connectivity index (χ0n) is 5.50. The van der Waals surface area contributed by atoms with Crippen molar-refractivity contribution in [1.82, 2.24) is 0 Å². The fraction of sp³-hybridized carbons (Fsp3) is 0.714. The van der Waals surface area contributed by atoms with Gasteiger partial charge in [0.2, 0.25) is 0 Å². The molecule has 0 aromatic heterocycles. The highest BCUT2D eigenvalue weighted by molar-refractivity contribution is 5.90. The van der Waals surface area contributed by atoms with Crippen LogP contribution in [0, 0.1) is 5.92 Å². The van der Waals surface area contributed by atoms with Crippen LogP contribution in [0.1, 0.15) is 19.3 Å². The van der Waals surface area contributed by atoms with Crippen LogP contribution in [0.2, 0.25) is 0 Å². The second-order valence-electron chi connectivity index (χ2n) is 2.88. The van der Waals surface area contributed by atoms with E-state index in [0.29, 0.717) is 12.8 Å². The van der Waals surface area contributed by atoms with Crippen molar-refractivity contribution in [3.05, 3.63) is 0 Å². The molecule has 2 fully saturated rings. The molecule has 1 saturated carbocycles. The van der Waals surface area contributed by atoms with Crippen LogP contribution in [0.5, 0.6) is 0 Å². The maximum absolute atomic E-state index is 10.9. The standard InChI is InChI=1S/C7H8O3/c8-5-2-1-4-3-6(9)10-7(4)5/h4,7H,1-3H2/t4-,7+/m1/s1. The predicted molar refractivity (Wildman–Crippen MR) is 32.2 cm³/mol. The quantitative estimate of drug-likeness (QED) is 0.454. The molecule has 3 nitrogen and oxygen atoms in total. The predicted octanol–water partition coefficient (Wildman–Crippen LogP) is 0.281. The third-order valence-corrected chi connectivity index (χ3v) is 2.19. The number of rotatable bonds is 0. The van der Waals surface area contributed by atoms with Gasteiger partial charge >= 0.3 is 5.97 Å². The highest BCUT2D eigenvalue weighted by Gasteiger charge is 2.43. The fourth-order valence-electron chi connectivity index (χ4n) is 1.66. The fourth-order valence-corrected chi connectivity index (χ4v) is 1.66. The Bertz CT molecular complexity index is 197. The van der Waals surface area contributed by atoms with Crippen molar-refractivity contribution in [1.29, 1.82) is 0 Å². The molecule has 0 bridgehead atoms. The molecular formula is C7H8O3. The summed E-state index contributed by atoms with van der Waals surface area (Å²) < 4.78 is 4.81. The van der Waals surface area contributed by atoms with Crippen LogP contribution in [0.25, 0.3) is 0 Å². The van der Waals surface area contributed by atoms with Crippen molar-refractivity contribution in [3.63, 3.8) is 0 Å². The zero-order valence-corrected chi connectivity index (χ0v) is 5.50. The van der Waals surface area contributed by atoms with Gasteiger partial charge in [-0.05, 0) is 6.42 Å². The molecule has 1 saturated heterocycles.